The van der Waals surface area contributed by atoms with Gasteiger partial charge in [0.05, 0.1) is 0 Å². The van der Waals surface area contributed by atoms with Gasteiger partial charge in [0.15, 0.2) is 5.82 Å². The van der Waals surface area contributed by atoms with E-state index in [1.54, 1.807) is 0 Å². The number of nitrogens with zero attached hydrogens (tertiary/aromatic N) is 2. The van der Waals surface area contributed by atoms with Crippen LogP contribution in [0.15, 0.2) is 24.3 Å². The van der Waals surface area contributed by atoms with Crippen molar-refractivity contribution >= 4 is 28.8 Å². The second-order valence-corrected chi connectivity index (χ2v) is 3.44. The van der Waals surface area contributed by atoms with Crippen molar-refractivity contribution in [2.45, 2.75) is 6.42 Å². The Morgan fingerprint density at radius 3 is 2.38 bits per heavy atom. The molecule has 0 aliphatic heterocycles. The first kappa shape index (κ1) is 8.73. The van der Waals surface area contributed by atoms with Crippen LogP contribution >= 0.6 is 23.2 Å². The molecule has 13 heavy (non-hydrogen) atoms. The third-order valence-corrected chi connectivity index (χ3v) is 2.11. The number of allylic oxidation sites excluding steroid dienone is 4. The number of aromatic nitrogens is 2. The molecule has 0 N–H and O–H groups in total. The Kier molecular flexibility index (Phi) is 2.34. The summed E-state index contributed by atoms with van der Waals surface area (Å²) in [6.45, 7) is 0. The summed E-state index contributed by atoms with van der Waals surface area (Å²) in [6.07, 6.45) is 6.81. The van der Waals surface area contributed by atoms with E-state index in [1.807, 2.05) is 18.2 Å². The largest absolute Gasteiger partial charge is 0.217 e. The van der Waals surface area contributed by atoms with Crippen molar-refractivity contribution in [3.05, 3.63) is 40.4 Å². The van der Waals surface area contributed by atoms with Crippen LogP contribution in [0.25, 0.3) is 5.57 Å². The van der Waals surface area contributed by atoms with Crippen LogP contribution in [0.2, 0.25) is 10.3 Å². The Bertz CT molecular complexity index is 376. The normalized spacial score (nSPS) is 14.8. The molecule has 0 atom stereocenters. The van der Waals surface area contributed by atoms with E-state index >= 15 is 0 Å². The van der Waals surface area contributed by atoms with Gasteiger partial charge < -0.3 is 0 Å². The van der Waals surface area contributed by atoms with Crippen LogP contribution in [-0.4, -0.2) is 9.97 Å². The Morgan fingerprint density at radius 1 is 1.15 bits per heavy atom. The monoisotopic (exact) mass is 212 g/mol. The van der Waals surface area contributed by atoms with Crippen LogP contribution in [-0.2, 0) is 0 Å². The Balaban J connectivity index is 2.40. The molecule has 0 saturated heterocycles. The van der Waals surface area contributed by atoms with Gasteiger partial charge in [-0.25, -0.2) is 9.97 Å². The quantitative estimate of drug-likeness (QED) is 0.669. The van der Waals surface area contributed by atoms with Crippen LogP contribution < -0.4 is 0 Å². The van der Waals surface area contributed by atoms with Gasteiger partial charge in [0, 0.05) is 11.6 Å². The van der Waals surface area contributed by atoms with E-state index < -0.39 is 0 Å². The highest BCUT2D eigenvalue weighted by Crippen LogP contribution is 2.22. The van der Waals surface area contributed by atoms with E-state index in [1.165, 1.54) is 6.07 Å². The molecular formula is C9H6Cl2N2. The Labute approximate surface area is 85.9 Å². The zero-order chi connectivity index (χ0) is 9.26. The molecule has 2 nitrogen and oxygen atoms in total. The van der Waals surface area contributed by atoms with Gasteiger partial charge in [-0.1, -0.05) is 41.4 Å². The average molecular weight is 213 g/mol. The van der Waals surface area contributed by atoms with Crippen LogP contribution in [0.3, 0.4) is 0 Å². The number of rotatable bonds is 1. The summed E-state index contributed by atoms with van der Waals surface area (Å²) >= 11 is 11.5. The topological polar surface area (TPSA) is 25.8 Å². The predicted octanol–water partition coefficient (Wildman–Crippen LogP) is 3.13. The van der Waals surface area contributed by atoms with E-state index in [-0.39, 0.29) is 0 Å². The Hall–Kier alpha value is -0.860. The lowest BCUT2D eigenvalue weighted by molar-refractivity contribution is 1.10. The van der Waals surface area contributed by atoms with Gasteiger partial charge in [-0.2, -0.15) is 0 Å². The maximum Gasteiger partial charge on any atom is 0.158 e. The van der Waals surface area contributed by atoms with E-state index in [9.17, 15) is 0 Å². The van der Waals surface area contributed by atoms with Crippen LogP contribution in [0, 0.1) is 0 Å². The van der Waals surface area contributed by atoms with E-state index in [0.29, 0.717) is 16.1 Å². The lowest BCUT2D eigenvalue weighted by Gasteiger charge is -2.00. The van der Waals surface area contributed by atoms with Crippen LogP contribution in [0.1, 0.15) is 12.2 Å². The van der Waals surface area contributed by atoms with E-state index in [2.05, 4.69) is 9.97 Å². The summed E-state index contributed by atoms with van der Waals surface area (Å²) in [6, 6.07) is 1.52. The predicted molar refractivity (Wildman–Crippen MR) is 53.8 cm³/mol. The smallest absolute Gasteiger partial charge is 0.158 e. The first-order valence-corrected chi connectivity index (χ1v) is 4.57. The molecule has 2 rings (SSSR count). The summed E-state index contributed by atoms with van der Waals surface area (Å²) in [7, 11) is 0. The maximum atomic E-state index is 5.75. The minimum atomic E-state index is 0.378. The molecule has 0 bridgehead atoms. The first-order chi connectivity index (χ1) is 6.25. The average Bonchev–Trinajstić information content (AvgIpc) is 2.53. The highest BCUT2D eigenvalue weighted by Gasteiger charge is 2.08. The molecule has 1 heterocycles. The molecule has 0 unspecified atom stereocenters. The molecule has 0 fully saturated rings. The molecular weight excluding hydrogens is 207 g/mol. The van der Waals surface area contributed by atoms with Crippen molar-refractivity contribution in [2.75, 3.05) is 0 Å². The second-order valence-electron chi connectivity index (χ2n) is 2.66. The van der Waals surface area contributed by atoms with Crippen LogP contribution in [0.4, 0.5) is 0 Å². The zero-order valence-corrected chi connectivity index (χ0v) is 8.18. The fraction of sp³-hybridized carbons (Fsp3) is 0.111. The zero-order valence-electron chi connectivity index (χ0n) is 6.67. The van der Waals surface area contributed by atoms with Crippen LogP contribution in [0.5, 0.6) is 0 Å². The molecule has 1 aromatic heterocycles. The molecule has 1 aliphatic carbocycles. The molecule has 0 radical (unpaired) electrons. The summed E-state index contributed by atoms with van der Waals surface area (Å²) in [4.78, 5) is 8.16. The molecule has 66 valence electrons. The molecule has 0 spiro atoms. The highest BCUT2D eigenvalue weighted by atomic mass is 35.5. The van der Waals surface area contributed by atoms with Gasteiger partial charge in [0.2, 0.25) is 0 Å². The van der Waals surface area contributed by atoms with Gasteiger partial charge in [-0.3, -0.25) is 0 Å². The molecule has 0 saturated carbocycles. The van der Waals surface area contributed by atoms with Gasteiger partial charge in [0.1, 0.15) is 10.3 Å². The number of halogens is 2. The van der Waals surface area contributed by atoms with Crippen molar-refractivity contribution in [3.63, 3.8) is 0 Å². The summed E-state index contributed by atoms with van der Waals surface area (Å²) in [5.74, 6) is 0.613. The first-order valence-electron chi connectivity index (χ1n) is 3.82. The SMILES string of the molecule is Clc1cc(Cl)nc(C2=CC=CC2)n1. The lowest BCUT2D eigenvalue weighted by Crippen LogP contribution is -1.93. The van der Waals surface area contributed by atoms with Gasteiger partial charge >= 0.3 is 0 Å². The minimum Gasteiger partial charge on any atom is -0.217 e. The van der Waals surface area contributed by atoms with Crippen molar-refractivity contribution in [1.29, 1.82) is 0 Å². The molecule has 1 aromatic rings. The summed E-state index contributed by atoms with van der Waals surface area (Å²) < 4.78 is 0. The lowest BCUT2D eigenvalue weighted by atomic mass is 10.2. The maximum absolute atomic E-state index is 5.75. The molecule has 4 heteroatoms. The van der Waals surface area contributed by atoms with Gasteiger partial charge in [0.25, 0.3) is 0 Å². The standard InChI is InChI=1S/C9H6Cl2N2/c10-7-5-8(11)13-9(12-7)6-3-1-2-4-6/h1-3,5H,4H2. The molecule has 0 aromatic carbocycles. The van der Waals surface area contributed by atoms with Crippen molar-refractivity contribution in [3.8, 4) is 0 Å². The fourth-order valence-corrected chi connectivity index (χ4v) is 1.57. The third kappa shape index (κ3) is 1.90. The van der Waals surface area contributed by atoms with Crippen molar-refractivity contribution in [2.24, 2.45) is 0 Å². The van der Waals surface area contributed by atoms with Crippen molar-refractivity contribution in [1.82, 2.24) is 9.97 Å². The summed E-state index contributed by atoms with van der Waals surface area (Å²) in [5.41, 5.74) is 1.05. The van der Waals surface area contributed by atoms with Gasteiger partial charge in [-0.05, 0) is 6.42 Å². The molecule has 0 amide bonds. The molecule has 1 aliphatic rings. The highest BCUT2D eigenvalue weighted by molar-refractivity contribution is 6.33. The van der Waals surface area contributed by atoms with E-state index in [0.717, 1.165) is 12.0 Å². The second kappa shape index (κ2) is 3.48. The third-order valence-electron chi connectivity index (χ3n) is 1.72. The number of hydrogen-bond acceptors (Lipinski definition) is 2. The Morgan fingerprint density at radius 2 is 1.85 bits per heavy atom. The van der Waals surface area contributed by atoms with Gasteiger partial charge in [-0.15, -0.1) is 0 Å². The van der Waals surface area contributed by atoms with Crippen molar-refractivity contribution < 1.29 is 0 Å². The summed E-state index contributed by atoms with van der Waals surface area (Å²) in [5, 5.41) is 0.755. The fourth-order valence-electron chi connectivity index (χ4n) is 1.15. The minimum absolute atomic E-state index is 0.378. The number of hydrogen-bond donors (Lipinski definition) is 0. The van der Waals surface area contributed by atoms with E-state index in [4.69, 9.17) is 23.2 Å².